The van der Waals surface area contributed by atoms with E-state index >= 15 is 0 Å². The van der Waals surface area contributed by atoms with Gasteiger partial charge >= 0.3 is 0 Å². The summed E-state index contributed by atoms with van der Waals surface area (Å²) in [5.74, 6) is 2.38. The molecule has 2 fully saturated rings. The third-order valence-electron chi connectivity index (χ3n) is 5.96. The van der Waals surface area contributed by atoms with Gasteiger partial charge in [0.1, 0.15) is 6.61 Å². The summed E-state index contributed by atoms with van der Waals surface area (Å²) in [7, 11) is 0. The maximum atomic E-state index is 12.5. The zero-order valence-electron chi connectivity index (χ0n) is 15.3. The molecule has 0 radical (unpaired) electrons. The molecule has 0 bridgehead atoms. The van der Waals surface area contributed by atoms with Gasteiger partial charge in [-0.15, -0.1) is 0 Å². The molecule has 140 valence electrons. The van der Waals surface area contributed by atoms with Gasteiger partial charge in [0.2, 0.25) is 6.10 Å². The van der Waals surface area contributed by atoms with E-state index in [9.17, 15) is 4.79 Å². The Balaban J connectivity index is 1.39. The van der Waals surface area contributed by atoms with Crippen LogP contribution in [0.25, 0.3) is 0 Å². The second-order valence-corrected chi connectivity index (χ2v) is 7.69. The number of ether oxygens (including phenoxy) is 2. The predicted molar refractivity (Wildman–Crippen MR) is 100 cm³/mol. The van der Waals surface area contributed by atoms with Crippen LogP contribution < -0.4 is 14.9 Å². The largest absolute Gasteiger partial charge is 0.485 e. The Labute approximate surface area is 155 Å². The Bertz CT molecular complexity index is 667. The van der Waals surface area contributed by atoms with Crippen molar-refractivity contribution in [3.05, 3.63) is 24.3 Å². The molecule has 2 aliphatic carbocycles. The lowest BCUT2D eigenvalue weighted by molar-refractivity contribution is -0.130. The highest BCUT2D eigenvalue weighted by Crippen LogP contribution is 2.37. The minimum Gasteiger partial charge on any atom is -0.485 e. The van der Waals surface area contributed by atoms with Crippen LogP contribution in [0, 0.1) is 11.8 Å². The molecule has 1 heterocycles. The maximum absolute atomic E-state index is 12.5. The zero-order valence-corrected chi connectivity index (χ0v) is 15.3. The van der Waals surface area contributed by atoms with E-state index in [1.165, 1.54) is 57.1 Å². The van der Waals surface area contributed by atoms with Gasteiger partial charge in [0.25, 0.3) is 5.91 Å². The lowest BCUT2D eigenvalue weighted by atomic mass is 9.72. The van der Waals surface area contributed by atoms with Crippen LogP contribution >= 0.6 is 0 Å². The number of hydrogen-bond donors (Lipinski definition) is 1. The van der Waals surface area contributed by atoms with Gasteiger partial charge in [-0.05, 0) is 50.2 Å². The fourth-order valence-electron chi connectivity index (χ4n) is 4.55. The second-order valence-electron chi connectivity index (χ2n) is 7.69. The van der Waals surface area contributed by atoms with Gasteiger partial charge < -0.3 is 9.47 Å². The van der Waals surface area contributed by atoms with E-state index in [0.29, 0.717) is 17.4 Å². The monoisotopic (exact) mass is 356 g/mol. The second kappa shape index (κ2) is 8.11. The van der Waals surface area contributed by atoms with Gasteiger partial charge in [0.05, 0.1) is 0 Å². The predicted octanol–water partition coefficient (Wildman–Crippen LogP) is 4.07. The SMILES string of the molecule is O=C(N/N=C1/CCCC[C@H]1C1CCCCC1)[C@@H]1COc2ccccc2O1. The van der Waals surface area contributed by atoms with E-state index in [4.69, 9.17) is 9.47 Å². The lowest BCUT2D eigenvalue weighted by Gasteiger charge is -2.34. The number of amides is 1. The molecule has 2 atom stereocenters. The minimum atomic E-state index is -0.647. The summed E-state index contributed by atoms with van der Waals surface area (Å²) in [5, 5.41) is 4.55. The number of nitrogens with zero attached hydrogens (tertiary/aromatic N) is 1. The Morgan fingerprint density at radius 1 is 1.00 bits per heavy atom. The first-order chi connectivity index (χ1) is 12.8. The minimum absolute atomic E-state index is 0.222. The van der Waals surface area contributed by atoms with Crippen LogP contribution in [0.1, 0.15) is 57.8 Å². The Morgan fingerprint density at radius 2 is 1.77 bits per heavy atom. The summed E-state index contributed by atoms with van der Waals surface area (Å²) in [4.78, 5) is 12.5. The van der Waals surface area contributed by atoms with Gasteiger partial charge in [-0.2, -0.15) is 5.10 Å². The van der Waals surface area contributed by atoms with Crippen molar-refractivity contribution in [1.29, 1.82) is 0 Å². The summed E-state index contributed by atoms with van der Waals surface area (Å²) in [6.07, 6.45) is 10.7. The first-order valence-corrected chi connectivity index (χ1v) is 10.1. The summed E-state index contributed by atoms with van der Waals surface area (Å²) in [6, 6.07) is 7.43. The summed E-state index contributed by atoms with van der Waals surface area (Å²) >= 11 is 0. The van der Waals surface area contributed by atoms with Crippen LogP contribution in [0.5, 0.6) is 11.5 Å². The molecule has 1 aliphatic heterocycles. The Kier molecular flexibility index (Phi) is 5.42. The van der Waals surface area contributed by atoms with Crippen molar-refractivity contribution >= 4 is 11.6 Å². The van der Waals surface area contributed by atoms with E-state index in [1.54, 1.807) is 0 Å². The summed E-state index contributed by atoms with van der Waals surface area (Å²) < 4.78 is 11.4. The van der Waals surface area contributed by atoms with Crippen LogP contribution in [0.15, 0.2) is 29.4 Å². The van der Waals surface area contributed by atoms with Gasteiger partial charge in [-0.1, -0.05) is 37.8 Å². The highest BCUT2D eigenvalue weighted by atomic mass is 16.6. The summed E-state index contributed by atoms with van der Waals surface area (Å²) in [6.45, 7) is 0.222. The molecule has 0 saturated heterocycles. The zero-order chi connectivity index (χ0) is 17.8. The molecule has 5 heteroatoms. The van der Waals surface area contributed by atoms with Crippen molar-refractivity contribution in [3.8, 4) is 11.5 Å². The summed E-state index contributed by atoms with van der Waals surface area (Å²) in [5.41, 5.74) is 3.95. The average Bonchev–Trinajstić information content (AvgIpc) is 2.72. The molecule has 2 saturated carbocycles. The molecule has 0 spiro atoms. The van der Waals surface area contributed by atoms with Crippen LogP contribution in [0.3, 0.4) is 0 Å². The van der Waals surface area contributed by atoms with Gasteiger partial charge in [-0.3, -0.25) is 4.79 Å². The molecule has 5 nitrogen and oxygen atoms in total. The number of para-hydroxylation sites is 2. The standard InChI is InChI=1S/C21H28N2O3/c24-21(20-14-25-18-12-6-7-13-19(18)26-20)23-22-17-11-5-4-10-16(17)15-8-2-1-3-9-15/h6-7,12-13,15-16,20H,1-5,8-11,14H2,(H,23,24)/b22-17-/t16-,20-/m0/s1. The molecule has 1 N–H and O–H groups in total. The number of rotatable bonds is 3. The van der Waals surface area contributed by atoms with E-state index < -0.39 is 6.10 Å². The molecule has 1 amide bonds. The van der Waals surface area contributed by atoms with E-state index in [1.807, 2.05) is 24.3 Å². The third-order valence-corrected chi connectivity index (χ3v) is 5.96. The molecule has 0 aromatic heterocycles. The van der Waals surface area contributed by atoms with Crippen molar-refractivity contribution in [3.63, 3.8) is 0 Å². The van der Waals surface area contributed by atoms with Gasteiger partial charge in [0, 0.05) is 11.6 Å². The number of nitrogens with one attached hydrogen (secondary N) is 1. The molecule has 3 aliphatic rings. The van der Waals surface area contributed by atoms with Gasteiger partial charge in [-0.25, -0.2) is 5.43 Å². The average molecular weight is 356 g/mol. The highest BCUT2D eigenvalue weighted by molar-refractivity contribution is 5.90. The van der Waals surface area contributed by atoms with E-state index in [2.05, 4.69) is 10.5 Å². The number of benzene rings is 1. The first-order valence-electron chi connectivity index (χ1n) is 10.1. The van der Waals surface area contributed by atoms with E-state index in [-0.39, 0.29) is 12.5 Å². The van der Waals surface area contributed by atoms with Crippen molar-refractivity contribution < 1.29 is 14.3 Å². The Hall–Kier alpha value is -2.04. The highest BCUT2D eigenvalue weighted by Gasteiger charge is 2.31. The molecule has 1 aromatic rings. The van der Waals surface area contributed by atoms with Crippen molar-refractivity contribution in [1.82, 2.24) is 5.43 Å². The number of fused-ring (bicyclic) bond motifs is 1. The van der Waals surface area contributed by atoms with Crippen molar-refractivity contribution in [2.75, 3.05) is 6.61 Å². The normalized spacial score (nSPS) is 27.9. The molecular weight excluding hydrogens is 328 g/mol. The van der Waals surface area contributed by atoms with Crippen LogP contribution in [-0.2, 0) is 4.79 Å². The molecular formula is C21H28N2O3. The quantitative estimate of drug-likeness (QED) is 0.831. The maximum Gasteiger partial charge on any atom is 0.284 e. The van der Waals surface area contributed by atoms with Crippen LogP contribution in [0.4, 0.5) is 0 Å². The molecule has 0 unspecified atom stereocenters. The number of hydrogen-bond acceptors (Lipinski definition) is 4. The fraction of sp³-hybridized carbons (Fsp3) is 0.619. The van der Waals surface area contributed by atoms with Crippen molar-refractivity contribution in [2.24, 2.45) is 16.9 Å². The van der Waals surface area contributed by atoms with Crippen LogP contribution in [-0.4, -0.2) is 24.3 Å². The molecule has 4 rings (SSSR count). The smallest absolute Gasteiger partial charge is 0.284 e. The number of carbonyl (C=O) groups excluding carboxylic acids is 1. The van der Waals surface area contributed by atoms with Crippen LogP contribution in [0.2, 0.25) is 0 Å². The fourth-order valence-corrected chi connectivity index (χ4v) is 4.55. The van der Waals surface area contributed by atoms with Gasteiger partial charge in [0.15, 0.2) is 11.5 Å². The number of carbonyl (C=O) groups is 1. The Morgan fingerprint density at radius 3 is 2.62 bits per heavy atom. The van der Waals surface area contributed by atoms with E-state index in [0.717, 1.165) is 12.3 Å². The number of hydrazone groups is 1. The van der Waals surface area contributed by atoms with Crippen molar-refractivity contribution in [2.45, 2.75) is 63.9 Å². The topological polar surface area (TPSA) is 59.9 Å². The molecule has 1 aromatic carbocycles. The lowest BCUT2D eigenvalue weighted by Crippen LogP contribution is -2.43. The molecule has 26 heavy (non-hydrogen) atoms. The first kappa shape index (κ1) is 17.4. The third kappa shape index (κ3) is 3.87.